The van der Waals surface area contributed by atoms with Crippen LogP contribution in [0.3, 0.4) is 0 Å². The van der Waals surface area contributed by atoms with Crippen LogP contribution in [0.4, 0.5) is 0 Å². The molecule has 0 aliphatic carbocycles. The molecule has 3 aliphatic rings. The lowest BCUT2D eigenvalue weighted by atomic mass is 9.76. The second kappa shape index (κ2) is 8.16. The number of carbonyl (C=O) groups excluding carboxylic acids is 2. The topological polar surface area (TPSA) is 78.9 Å². The van der Waals surface area contributed by atoms with E-state index in [2.05, 4.69) is 5.32 Å². The maximum absolute atomic E-state index is 12.4. The fourth-order valence-corrected chi connectivity index (χ4v) is 3.61. The van der Waals surface area contributed by atoms with Crippen LogP contribution in [-0.2, 0) is 20.9 Å². The lowest BCUT2D eigenvalue weighted by molar-refractivity contribution is -0.142. The van der Waals surface area contributed by atoms with Gasteiger partial charge >= 0.3 is 0 Å². The summed E-state index contributed by atoms with van der Waals surface area (Å²) in [5.74, 6) is -0.741. The Morgan fingerprint density at radius 1 is 1.08 bits per heavy atom. The molecule has 4 rings (SSSR count). The average Bonchev–Trinajstić information content (AvgIpc) is 3.28. The standard InChI is InChI=1S/C17H18N2O3.C2H7BO/c20-16-14-12-6-7-13(22-12)15(14)17(21)19(16)9-8-18-10-11-4-2-1-3-5-11;1-3(2)4/h1-7,12-15,18H,8-10H2;4H,1-2H3. The second-order valence-corrected chi connectivity index (χ2v) is 7.09. The van der Waals surface area contributed by atoms with E-state index in [1.807, 2.05) is 42.5 Å². The third-order valence-corrected chi connectivity index (χ3v) is 4.69. The van der Waals surface area contributed by atoms with Gasteiger partial charge in [-0.3, -0.25) is 14.5 Å². The van der Waals surface area contributed by atoms with Gasteiger partial charge in [0.15, 0.2) is 0 Å². The summed E-state index contributed by atoms with van der Waals surface area (Å²) in [4.78, 5) is 26.2. The number of hydrogen-bond acceptors (Lipinski definition) is 5. The maximum Gasteiger partial charge on any atom is 0.282 e. The van der Waals surface area contributed by atoms with Gasteiger partial charge in [0.1, 0.15) is 0 Å². The van der Waals surface area contributed by atoms with Crippen molar-refractivity contribution < 1.29 is 19.3 Å². The van der Waals surface area contributed by atoms with Gasteiger partial charge < -0.3 is 15.1 Å². The molecule has 0 saturated carbocycles. The molecule has 3 heterocycles. The molecular formula is C19H25BN2O4. The average molecular weight is 356 g/mol. The Morgan fingerprint density at radius 3 is 2.15 bits per heavy atom. The summed E-state index contributed by atoms with van der Waals surface area (Å²) in [6.45, 7) is 5.05. The van der Waals surface area contributed by atoms with E-state index in [0.29, 0.717) is 13.1 Å². The molecule has 0 aromatic heterocycles. The Labute approximate surface area is 154 Å². The summed E-state index contributed by atoms with van der Waals surface area (Å²) in [5.41, 5.74) is 1.19. The second-order valence-electron chi connectivity index (χ2n) is 7.09. The number of fused-ring (bicyclic) bond motifs is 5. The SMILES string of the molecule is CB(C)O.O=C1C2C3C=CC(O3)C2C(=O)N1CCNCc1ccccc1. The Hall–Kier alpha value is -1.96. The number of benzene rings is 1. The van der Waals surface area contributed by atoms with Crippen LogP contribution in [-0.4, -0.2) is 54.0 Å². The highest BCUT2D eigenvalue weighted by atomic mass is 16.5. The predicted octanol–water partition coefficient (Wildman–Crippen LogP) is 0.944. The first-order valence-corrected chi connectivity index (χ1v) is 9.10. The number of hydrogen-bond donors (Lipinski definition) is 2. The van der Waals surface area contributed by atoms with Crippen LogP contribution in [0.2, 0.25) is 13.6 Å². The highest BCUT2D eigenvalue weighted by Gasteiger charge is 2.60. The zero-order chi connectivity index (χ0) is 18.7. The van der Waals surface area contributed by atoms with Gasteiger partial charge in [0.2, 0.25) is 11.8 Å². The van der Waals surface area contributed by atoms with Gasteiger partial charge in [-0.1, -0.05) is 56.1 Å². The molecular weight excluding hydrogens is 331 g/mol. The van der Waals surface area contributed by atoms with Gasteiger partial charge in [0.05, 0.1) is 24.0 Å². The quantitative estimate of drug-likeness (QED) is 0.355. The predicted molar refractivity (Wildman–Crippen MR) is 99.4 cm³/mol. The molecule has 0 radical (unpaired) electrons. The molecule has 0 spiro atoms. The molecule has 138 valence electrons. The van der Waals surface area contributed by atoms with Crippen molar-refractivity contribution in [3.05, 3.63) is 48.0 Å². The molecule has 4 unspecified atom stereocenters. The number of nitrogens with one attached hydrogen (secondary N) is 1. The van der Waals surface area contributed by atoms with Crippen LogP contribution in [0.15, 0.2) is 42.5 Å². The van der Waals surface area contributed by atoms with E-state index >= 15 is 0 Å². The smallest absolute Gasteiger partial charge is 0.282 e. The number of amides is 2. The first-order chi connectivity index (χ1) is 12.5. The Kier molecular flexibility index (Phi) is 5.91. The van der Waals surface area contributed by atoms with Crippen molar-refractivity contribution in [3.63, 3.8) is 0 Å². The van der Waals surface area contributed by atoms with Crippen LogP contribution in [0.1, 0.15) is 5.56 Å². The molecule has 4 atom stereocenters. The summed E-state index contributed by atoms with van der Waals surface area (Å²) in [6, 6.07) is 10.1. The van der Waals surface area contributed by atoms with Crippen molar-refractivity contribution in [2.24, 2.45) is 11.8 Å². The maximum atomic E-state index is 12.4. The Morgan fingerprint density at radius 2 is 1.62 bits per heavy atom. The third-order valence-electron chi connectivity index (χ3n) is 4.69. The summed E-state index contributed by atoms with van der Waals surface area (Å²) in [5, 5.41) is 11.3. The van der Waals surface area contributed by atoms with Crippen molar-refractivity contribution in [2.75, 3.05) is 13.1 Å². The number of imide groups is 1. The summed E-state index contributed by atoms with van der Waals surface area (Å²) in [7, 11) is 0. The van der Waals surface area contributed by atoms with E-state index in [-0.39, 0.29) is 42.8 Å². The fraction of sp³-hybridized carbons (Fsp3) is 0.474. The zero-order valence-corrected chi connectivity index (χ0v) is 15.2. The molecule has 2 saturated heterocycles. The third kappa shape index (κ3) is 3.90. The van der Waals surface area contributed by atoms with Crippen molar-refractivity contribution in [2.45, 2.75) is 32.4 Å². The van der Waals surface area contributed by atoms with Gasteiger partial charge in [-0.2, -0.15) is 0 Å². The number of likely N-dealkylation sites (tertiary alicyclic amines) is 1. The first-order valence-electron chi connectivity index (χ1n) is 9.10. The minimum atomic E-state index is -0.295. The van der Waals surface area contributed by atoms with Crippen LogP contribution in [0.5, 0.6) is 0 Å². The Balaban J connectivity index is 0.000000447. The summed E-state index contributed by atoms with van der Waals surface area (Å²) >= 11 is 0. The van der Waals surface area contributed by atoms with E-state index in [0.717, 1.165) is 6.54 Å². The number of nitrogens with zero attached hydrogens (tertiary/aromatic N) is 1. The number of carbonyl (C=O) groups is 2. The minimum absolute atomic E-state index is 0.0756. The van der Waals surface area contributed by atoms with Gasteiger partial charge in [-0.25, -0.2) is 0 Å². The van der Waals surface area contributed by atoms with Crippen molar-refractivity contribution in [3.8, 4) is 0 Å². The summed E-state index contributed by atoms with van der Waals surface area (Å²) < 4.78 is 5.62. The van der Waals surface area contributed by atoms with Gasteiger partial charge in [-0.05, 0) is 5.56 Å². The largest absolute Gasteiger partial charge is 0.451 e. The zero-order valence-electron chi connectivity index (χ0n) is 15.2. The normalized spacial score (nSPS) is 28.2. The van der Waals surface area contributed by atoms with E-state index < -0.39 is 0 Å². The van der Waals surface area contributed by atoms with E-state index in [1.165, 1.54) is 10.5 Å². The molecule has 7 heteroatoms. The molecule has 1 aromatic rings. The van der Waals surface area contributed by atoms with Crippen LogP contribution in [0, 0.1) is 11.8 Å². The molecule has 2 N–H and O–H groups in total. The van der Waals surface area contributed by atoms with Crippen molar-refractivity contribution >= 4 is 18.7 Å². The molecule has 1 aromatic carbocycles. The van der Waals surface area contributed by atoms with Crippen molar-refractivity contribution in [1.82, 2.24) is 10.2 Å². The van der Waals surface area contributed by atoms with Gasteiger partial charge in [0.25, 0.3) is 6.92 Å². The lowest BCUT2D eigenvalue weighted by Gasteiger charge is -2.17. The summed E-state index contributed by atoms with van der Waals surface area (Å²) in [6.07, 6.45) is 3.42. The highest BCUT2D eigenvalue weighted by Crippen LogP contribution is 2.44. The molecule has 2 bridgehead atoms. The molecule has 2 fully saturated rings. The van der Waals surface area contributed by atoms with Crippen LogP contribution < -0.4 is 5.32 Å². The number of rotatable bonds is 5. The number of ether oxygens (including phenoxy) is 1. The van der Waals surface area contributed by atoms with Crippen LogP contribution >= 0.6 is 0 Å². The first kappa shape index (κ1) is 18.8. The molecule has 2 amide bonds. The fourth-order valence-electron chi connectivity index (χ4n) is 3.61. The molecule has 6 nitrogen and oxygen atoms in total. The van der Waals surface area contributed by atoms with Gasteiger partial charge in [-0.15, -0.1) is 0 Å². The van der Waals surface area contributed by atoms with E-state index in [9.17, 15) is 9.59 Å². The van der Waals surface area contributed by atoms with Crippen molar-refractivity contribution in [1.29, 1.82) is 0 Å². The van der Waals surface area contributed by atoms with Gasteiger partial charge in [0, 0.05) is 19.6 Å². The van der Waals surface area contributed by atoms with E-state index in [4.69, 9.17) is 9.76 Å². The van der Waals surface area contributed by atoms with E-state index in [1.54, 1.807) is 13.6 Å². The molecule has 26 heavy (non-hydrogen) atoms. The lowest BCUT2D eigenvalue weighted by Crippen LogP contribution is -2.39. The monoisotopic (exact) mass is 356 g/mol. The molecule has 3 aliphatic heterocycles. The highest BCUT2D eigenvalue weighted by molar-refractivity contribution is 6.46. The Bertz CT molecular complexity index is 647. The van der Waals surface area contributed by atoms with Crippen LogP contribution in [0.25, 0.3) is 0 Å². The minimum Gasteiger partial charge on any atom is -0.451 e.